The van der Waals surface area contributed by atoms with Gasteiger partial charge in [-0.15, -0.1) is 0 Å². The molecule has 0 saturated carbocycles. The van der Waals surface area contributed by atoms with Crippen LogP contribution in [0.4, 0.5) is 11.4 Å². The number of hydrogen-bond acceptors (Lipinski definition) is 6. The Morgan fingerprint density at radius 2 is 1.65 bits per heavy atom. The molecule has 1 N–H and O–H groups in total. The zero-order valence-corrected chi connectivity index (χ0v) is 20.2. The fourth-order valence-corrected chi connectivity index (χ4v) is 4.30. The first-order valence-corrected chi connectivity index (χ1v) is 11.9. The van der Waals surface area contributed by atoms with Gasteiger partial charge in [0.2, 0.25) is 5.91 Å². The number of benzene rings is 3. The van der Waals surface area contributed by atoms with Gasteiger partial charge >= 0.3 is 0 Å². The molecule has 2 aliphatic rings. The van der Waals surface area contributed by atoms with Gasteiger partial charge in [0.1, 0.15) is 18.0 Å². The fraction of sp³-hybridized carbons (Fsp3) is 0.214. The molecule has 0 saturated heterocycles. The molecular formula is C28H25N3O6. The van der Waals surface area contributed by atoms with E-state index in [1.165, 1.54) is 0 Å². The molecule has 0 spiro atoms. The van der Waals surface area contributed by atoms with Crippen LogP contribution in [0.1, 0.15) is 32.7 Å². The van der Waals surface area contributed by atoms with Crippen LogP contribution in [0.15, 0.2) is 66.7 Å². The molecule has 2 heterocycles. The Kier molecular flexibility index (Phi) is 6.59. The number of carbonyl (C=O) groups excluding carboxylic acids is 4. The lowest BCUT2D eigenvalue weighted by Crippen LogP contribution is -2.40. The highest BCUT2D eigenvalue weighted by Gasteiger charge is 2.36. The van der Waals surface area contributed by atoms with E-state index in [0.29, 0.717) is 36.7 Å². The predicted molar refractivity (Wildman–Crippen MR) is 136 cm³/mol. The molecule has 3 aromatic rings. The third-order valence-corrected chi connectivity index (χ3v) is 6.18. The lowest BCUT2D eigenvalue weighted by molar-refractivity contribution is -0.121. The largest absolute Gasteiger partial charge is 0.494 e. The van der Waals surface area contributed by atoms with Gasteiger partial charge in [-0.2, -0.15) is 0 Å². The van der Waals surface area contributed by atoms with Crippen LogP contribution in [0.2, 0.25) is 0 Å². The van der Waals surface area contributed by atoms with Crippen molar-refractivity contribution in [3.8, 4) is 11.5 Å². The molecule has 0 fully saturated rings. The summed E-state index contributed by atoms with van der Waals surface area (Å²) >= 11 is 0. The number of nitrogens with one attached hydrogen (secondary N) is 1. The third kappa shape index (κ3) is 5.02. The maximum absolute atomic E-state index is 12.7. The second-order valence-electron chi connectivity index (χ2n) is 8.82. The highest BCUT2D eigenvalue weighted by atomic mass is 16.5. The van der Waals surface area contributed by atoms with Crippen molar-refractivity contribution in [1.82, 2.24) is 4.90 Å². The van der Waals surface area contributed by atoms with Crippen molar-refractivity contribution in [2.24, 2.45) is 0 Å². The minimum atomic E-state index is -0.532. The van der Waals surface area contributed by atoms with E-state index in [1.54, 1.807) is 47.4 Å². The van der Waals surface area contributed by atoms with Gasteiger partial charge in [-0.1, -0.05) is 29.8 Å². The standard InChI is InChI=1S/C28H25N3O6/c1-18-7-10-20(11-8-18)36-14-4-13-30-23-15-19(9-12-24(23)37-17-26(30)33)29-25(32)16-31-27(34)21-5-2-3-6-22(21)28(31)35/h2-3,5-12,15H,4,13-14,16-17H2,1H3,(H,29,32). The van der Waals surface area contributed by atoms with E-state index in [0.717, 1.165) is 16.2 Å². The SMILES string of the molecule is Cc1ccc(OCCCN2C(=O)COc3ccc(NC(=O)CN4C(=O)c5ccccc5C4=O)cc32)cc1. The Morgan fingerprint density at radius 3 is 2.35 bits per heavy atom. The van der Waals surface area contributed by atoms with Gasteiger partial charge < -0.3 is 19.7 Å². The molecule has 2 aliphatic heterocycles. The quantitative estimate of drug-likeness (QED) is 0.376. The molecule has 9 heteroatoms. The molecule has 0 radical (unpaired) electrons. The summed E-state index contributed by atoms with van der Waals surface area (Å²) in [6, 6.07) is 19.2. The van der Waals surface area contributed by atoms with E-state index in [2.05, 4.69) is 5.32 Å². The maximum atomic E-state index is 12.7. The number of carbonyl (C=O) groups is 4. The van der Waals surface area contributed by atoms with E-state index in [1.807, 2.05) is 31.2 Å². The van der Waals surface area contributed by atoms with Crippen LogP contribution in [0.3, 0.4) is 0 Å². The molecule has 3 aromatic carbocycles. The third-order valence-electron chi connectivity index (χ3n) is 6.18. The number of hydrogen-bond donors (Lipinski definition) is 1. The number of fused-ring (bicyclic) bond motifs is 2. The molecule has 0 aliphatic carbocycles. The summed E-state index contributed by atoms with van der Waals surface area (Å²) in [5, 5.41) is 2.71. The van der Waals surface area contributed by atoms with Crippen molar-refractivity contribution in [3.05, 3.63) is 83.4 Å². The number of aryl methyl sites for hydroxylation is 1. The summed E-state index contributed by atoms with van der Waals surface area (Å²) in [5.41, 5.74) is 2.66. The smallest absolute Gasteiger partial charge is 0.265 e. The van der Waals surface area contributed by atoms with Crippen LogP contribution >= 0.6 is 0 Å². The van der Waals surface area contributed by atoms with Crippen molar-refractivity contribution in [3.63, 3.8) is 0 Å². The maximum Gasteiger partial charge on any atom is 0.265 e. The van der Waals surface area contributed by atoms with Crippen LogP contribution in [-0.4, -0.2) is 54.8 Å². The van der Waals surface area contributed by atoms with Gasteiger partial charge in [0, 0.05) is 12.2 Å². The molecule has 0 unspecified atom stereocenters. The van der Waals surface area contributed by atoms with Gasteiger partial charge in [0.25, 0.3) is 17.7 Å². The first kappa shape index (κ1) is 24.1. The summed E-state index contributed by atoms with van der Waals surface area (Å²) in [7, 11) is 0. The van der Waals surface area contributed by atoms with Crippen molar-refractivity contribution >= 4 is 35.0 Å². The molecule has 4 amide bonds. The Morgan fingerprint density at radius 1 is 0.946 bits per heavy atom. The van der Waals surface area contributed by atoms with Crippen LogP contribution in [0, 0.1) is 6.92 Å². The number of amides is 4. The predicted octanol–water partition coefficient (Wildman–Crippen LogP) is 3.42. The molecule has 0 atom stereocenters. The number of rotatable bonds is 8. The van der Waals surface area contributed by atoms with Gasteiger partial charge in [-0.05, 0) is 55.8 Å². The van der Waals surface area contributed by atoms with E-state index in [4.69, 9.17) is 9.47 Å². The number of imide groups is 1. The summed E-state index contributed by atoms with van der Waals surface area (Å²) in [4.78, 5) is 52.9. The first-order chi connectivity index (χ1) is 17.9. The molecule has 37 heavy (non-hydrogen) atoms. The summed E-state index contributed by atoms with van der Waals surface area (Å²) in [6.07, 6.45) is 0.593. The minimum absolute atomic E-state index is 0.0722. The van der Waals surface area contributed by atoms with E-state index in [9.17, 15) is 19.2 Å². The molecule has 5 rings (SSSR count). The second kappa shape index (κ2) is 10.1. The van der Waals surface area contributed by atoms with E-state index >= 15 is 0 Å². The van der Waals surface area contributed by atoms with Gasteiger partial charge in [0.15, 0.2) is 6.61 Å². The van der Waals surface area contributed by atoms with Crippen molar-refractivity contribution < 1.29 is 28.7 Å². The van der Waals surface area contributed by atoms with Crippen LogP contribution in [-0.2, 0) is 9.59 Å². The number of anilines is 2. The average Bonchev–Trinajstić information content (AvgIpc) is 3.13. The normalized spacial score (nSPS) is 14.2. The molecule has 0 aromatic heterocycles. The van der Waals surface area contributed by atoms with Crippen LogP contribution in [0.5, 0.6) is 11.5 Å². The zero-order valence-electron chi connectivity index (χ0n) is 20.2. The van der Waals surface area contributed by atoms with Gasteiger partial charge in [-0.3, -0.25) is 24.1 Å². The van der Waals surface area contributed by atoms with E-state index in [-0.39, 0.29) is 23.6 Å². The Hall–Kier alpha value is -4.66. The molecular weight excluding hydrogens is 474 g/mol. The van der Waals surface area contributed by atoms with Gasteiger partial charge in [0.05, 0.1) is 23.4 Å². The molecule has 9 nitrogen and oxygen atoms in total. The lowest BCUT2D eigenvalue weighted by Gasteiger charge is -2.30. The van der Waals surface area contributed by atoms with Crippen LogP contribution in [0.25, 0.3) is 0 Å². The number of ether oxygens (including phenoxy) is 2. The lowest BCUT2D eigenvalue weighted by atomic mass is 10.1. The second-order valence-corrected chi connectivity index (χ2v) is 8.82. The van der Waals surface area contributed by atoms with Crippen LogP contribution < -0.4 is 19.7 Å². The highest BCUT2D eigenvalue weighted by Crippen LogP contribution is 2.35. The molecule has 188 valence electrons. The summed E-state index contributed by atoms with van der Waals surface area (Å²) in [6.45, 7) is 2.36. The monoisotopic (exact) mass is 499 g/mol. The van der Waals surface area contributed by atoms with E-state index < -0.39 is 24.3 Å². The summed E-state index contributed by atoms with van der Waals surface area (Å²) in [5.74, 6) is -0.439. The fourth-order valence-electron chi connectivity index (χ4n) is 4.30. The Labute approximate surface area is 213 Å². The zero-order chi connectivity index (χ0) is 25.9. The first-order valence-electron chi connectivity index (χ1n) is 11.9. The number of nitrogens with zero attached hydrogens (tertiary/aromatic N) is 2. The van der Waals surface area contributed by atoms with Crippen molar-refractivity contribution in [2.75, 3.05) is 36.5 Å². The Balaban J connectivity index is 1.22. The topological polar surface area (TPSA) is 105 Å². The molecule has 0 bridgehead atoms. The van der Waals surface area contributed by atoms with Gasteiger partial charge in [-0.25, -0.2) is 0 Å². The average molecular weight is 500 g/mol. The van der Waals surface area contributed by atoms with Crippen molar-refractivity contribution in [1.29, 1.82) is 0 Å². The highest BCUT2D eigenvalue weighted by molar-refractivity contribution is 6.22. The van der Waals surface area contributed by atoms with Crippen molar-refractivity contribution in [2.45, 2.75) is 13.3 Å². The summed E-state index contributed by atoms with van der Waals surface area (Å²) < 4.78 is 11.3. The Bertz CT molecular complexity index is 1350. The minimum Gasteiger partial charge on any atom is -0.494 e.